The average molecular weight is 341 g/mol. The summed E-state index contributed by atoms with van der Waals surface area (Å²) in [6, 6.07) is 5.57. The number of anilines is 3. The van der Waals surface area contributed by atoms with Gasteiger partial charge < -0.3 is 20.2 Å². The number of hydrogen-bond donors (Lipinski definition) is 3. The minimum absolute atomic E-state index is 0.196. The van der Waals surface area contributed by atoms with E-state index in [1.807, 2.05) is 18.2 Å². The molecule has 0 saturated heterocycles. The number of fused-ring (bicyclic) bond motifs is 1. The maximum absolute atomic E-state index is 11.4. The van der Waals surface area contributed by atoms with Crippen molar-refractivity contribution in [1.29, 1.82) is 0 Å². The van der Waals surface area contributed by atoms with Gasteiger partial charge in [-0.3, -0.25) is 0 Å². The molecule has 0 aliphatic carbocycles. The minimum Gasteiger partial charge on any atom is -0.341 e. The van der Waals surface area contributed by atoms with Crippen molar-refractivity contribution in [2.24, 2.45) is 0 Å². The molecule has 8 nitrogen and oxygen atoms in total. The highest BCUT2D eigenvalue weighted by atomic mass is 16.1. The monoisotopic (exact) mass is 341 g/mol. The van der Waals surface area contributed by atoms with Gasteiger partial charge in [-0.25, -0.2) is 4.79 Å². The number of imidazole rings is 1. The van der Waals surface area contributed by atoms with Crippen LogP contribution in [0.1, 0.15) is 39.4 Å². The molecule has 0 amide bonds. The van der Waals surface area contributed by atoms with Crippen LogP contribution in [-0.4, -0.2) is 38.0 Å². The Bertz CT molecular complexity index is 924. The maximum atomic E-state index is 11.4. The lowest BCUT2D eigenvalue weighted by atomic mass is 10.2. The third-order valence-electron chi connectivity index (χ3n) is 3.98. The third-order valence-corrected chi connectivity index (χ3v) is 3.98. The van der Waals surface area contributed by atoms with Gasteiger partial charge in [0, 0.05) is 24.7 Å². The van der Waals surface area contributed by atoms with E-state index >= 15 is 0 Å². The molecule has 0 fully saturated rings. The van der Waals surface area contributed by atoms with Gasteiger partial charge in [-0.2, -0.15) is 15.0 Å². The fourth-order valence-electron chi connectivity index (χ4n) is 2.58. The topological polar surface area (TPSA) is 103 Å². The van der Waals surface area contributed by atoms with Crippen molar-refractivity contribution in [2.75, 3.05) is 23.3 Å². The second-order valence-electron chi connectivity index (χ2n) is 6.11. The molecule has 0 bridgehead atoms. The van der Waals surface area contributed by atoms with Crippen molar-refractivity contribution in [1.82, 2.24) is 24.9 Å². The van der Waals surface area contributed by atoms with E-state index in [1.165, 1.54) is 0 Å². The van der Waals surface area contributed by atoms with Gasteiger partial charge in [0.05, 0.1) is 11.0 Å². The van der Waals surface area contributed by atoms with Crippen LogP contribution in [0.5, 0.6) is 0 Å². The number of hydrogen-bond acceptors (Lipinski definition) is 6. The molecule has 0 aliphatic rings. The first-order valence-electron chi connectivity index (χ1n) is 8.50. The van der Waals surface area contributed by atoms with E-state index < -0.39 is 0 Å². The molecular weight excluding hydrogens is 318 g/mol. The van der Waals surface area contributed by atoms with Crippen LogP contribution in [0, 0.1) is 0 Å². The highest BCUT2D eigenvalue weighted by molar-refractivity contribution is 5.79. The lowest BCUT2D eigenvalue weighted by Gasteiger charge is -2.20. The van der Waals surface area contributed by atoms with E-state index in [2.05, 4.69) is 62.8 Å². The van der Waals surface area contributed by atoms with Gasteiger partial charge in [0.15, 0.2) is 0 Å². The van der Waals surface area contributed by atoms with Crippen LogP contribution in [0.3, 0.4) is 0 Å². The first-order valence-corrected chi connectivity index (χ1v) is 8.50. The van der Waals surface area contributed by atoms with Crippen molar-refractivity contribution in [3.63, 3.8) is 0 Å². The number of nitrogens with zero attached hydrogens (tertiary/aromatic N) is 4. The molecule has 25 heavy (non-hydrogen) atoms. The molecule has 0 spiro atoms. The number of aromatic amines is 2. The van der Waals surface area contributed by atoms with Crippen molar-refractivity contribution in [3.05, 3.63) is 34.5 Å². The van der Waals surface area contributed by atoms with Gasteiger partial charge in [-0.1, -0.05) is 13.8 Å². The Morgan fingerprint density at radius 3 is 2.48 bits per heavy atom. The van der Waals surface area contributed by atoms with Crippen molar-refractivity contribution in [3.8, 4) is 0 Å². The number of nitrogens with one attached hydrogen (secondary N) is 3. The molecule has 1 aromatic carbocycles. The third kappa shape index (κ3) is 3.62. The summed E-state index contributed by atoms with van der Waals surface area (Å²) in [5, 5.41) is 3.22. The predicted molar refractivity (Wildman–Crippen MR) is 99.7 cm³/mol. The van der Waals surface area contributed by atoms with E-state index in [-0.39, 0.29) is 11.6 Å². The van der Waals surface area contributed by atoms with E-state index in [4.69, 9.17) is 0 Å². The van der Waals surface area contributed by atoms with Crippen LogP contribution in [0.2, 0.25) is 0 Å². The van der Waals surface area contributed by atoms with E-state index in [1.54, 1.807) is 0 Å². The number of aromatic nitrogens is 5. The SMILES string of the molecule is CCN(CC)c1nc(Nc2ccc3[nH]c(=O)[nH]c3c2)nc(C(C)C)n1. The van der Waals surface area contributed by atoms with Crippen molar-refractivity contribution in [2.45, 2.75) is 33.6 Å². The van der Waals surface area contributed by atoms with Crippen molar-refractivity contribution < 1.29 is 0 Å². The van der Waals surface area contributed by atoms with Crippen LogP contribution in [0.25, 0.3) is 11.0 Å². The first-order chi connectivity index (χ1) is 12.0. The normalized spacial score (nSPS) is 11.2. The van der Waals surface area contributed by atoms with E-state index in [9.17, 15) is 4.79 Å². The summed E-state index contributed by atoms with van der Waals surface area (Å²) in [7, 11) is 0. The van der Waals surface area contributed by atoms with E-state index in [0.29, 0.717) is 11.9 Å². The minimum atomic E-state index is -0.224. The lowest BCUT2D eigenvalue weighted by Crippen LogP contribution is -2.25. The quantitative estimate of drug-likeness (QED) is 0.637. The highest BCUT2D eigenvalue weighted by Crippen LogP contribution is 2.21. The van der Waals surface area contributed by atoms with Gasteiger partial charge >= 0.3 is 5.69 Å². The molecule has 3 aromatic rings. The summed E-state index contributed by atoms with van der Waals surface area (Å²) in [6.07, 6.45) is 0. The first kappa shape index (κ1) is 16.9. The Labute approximate surface area is 145 Å². The van der Waals surface area contributed by atoms with Gasteiger partial charge in [0.2, 0.25) is 11.9 Å². The van der Waals surface area contributed by atoms with Crippen molar-refractivity contribution >= 4 is 28.6 Å². The smallest absolute Gasteiger partial charge is 0.323 e. The zero-order chi connectivity index (χ0) is 18.0. The molecule has 3 N–H and O–H groups in total. The lowest BCUT2D eigenvalue weighted by molar-refractivity contribution is 0.737. The van der Waals surface area contributed by atoms with Gasteiger partial charge in [0.25, 0.3) is 0 Å². The molecule has 2 aromatic heterocycles. The number of rotatable bonds is 6. The molecule has 0 unspecified atom stereocenters. The molecule has 132 valence electrons. The van der Waals surface area contributed by atoms with Crippen LogP contribution in [0.15, 0.2) is 23.0 Å². The van der Waals surface area contributed by atoms with Crippen LogP contribution < -0.4 is 15.9 Å². The predicted octanol–water partition coefficient (Wildman–Crippen LogP) is 2.75. The Morgan fingerprint density at radius 1 is 1.08 bits per heavy atom. The zero-order valence-electron chi connectivity index (χ0n) is 14.9. The summed E-state index contributed by atoms with van der Waals surface area (Å²) < 4.78 is 0. The Kier molecular flexibility index (Phi) is 4.69. The molecule has 0 aliphatic heterocycles. The molecule has 0 saturated carbocycles. The summed E-state index contributed by atoms with van der Waals surface area (Å²) in [6.45, 7) is 9.92. The largest absolute Gasteiger partial charge is 0.341 e. The van der Waals surface area contributed by atoms with Gasteiger partial charge in [-0.05, 0) is 32.0 Å². The molecule has 8 heteroatoms. The fraction of sp³-hybridized carbons (Fsp3) is 0.412. The van der Waals surface area contributed by atoms with Gasteiger partial charge in [0.1, 0.15) is 5.82 Å². The van der Waals surface area contributed by atoms with Crippen LogP contribution >= 0.6 is 0 Å². The van der Waals surface area contributed by atoms with Gasteiger partial charge in [-0.15, -0.1) is 0 Å². The molecule has 2 heterocycles. The summed E-state index contributed by atoms with van der Waals surface area (Å²) in [5.74, 6) is 2.11. The summed E-state index contributed by atoms with van der Waals surface area (Å²) in [4.78, 5) is 32.6. The Hall–Kier alpha value is -2.90. The number of benzene rings is 1. The van der Waals surface area contributed by atoms with Crippen LogP contribution in [-0.2, 0) is 0 Å². The second kappa shape index (κ2) is 6.92. The molecule has 0 radical (unpaired) electrons. The zero-order valence-corrected chi connectivity index (χ0v) is 14.9. The number of H-pyrrole nitrogens is 2. The summed E-state index contributed by atoms with van der Waals surface area (Å²) in [5.41, 5.74) is 2.07. The molecule has 0 atom stereocenters. The molecule has 3 rings (SSSR count). The van der Waals surface area contributed by atoms with Crippen LogP contribution in [0.4, 0.5) is 17.6 Å². The Morgan fingerprint density at radius 2 is 1.80 bits per heavy atom. The fourth-order valence-corrected chi connectivity index (χ4v) is 2.58. The Balaban J connectivity index is 1.97. The average Bonchev–Trinajstić information content (AvgIpc) is 2.95. The molecular formula is C17H23N7O. The second-order valence-corrected chi connectivity index (χ2v) is 6.11. The maximum Gasteiger partial charge on any atom is 0.323 e. The highest BCUT2D eigenvalue weighted by Gasteiger charge is 2.13. The van der Waals surface area contributed by atoms with E-state index in [0.717, 1.165) is 35.6 Å². The summed E-state index contributed by atoms with van der Waals surface area (Å²) >= 11 is 0. The standard InChI is InChI=1S/C17H23N7O/c1-5-24(6-2)16-22-14(10(3)4)21-15(23-16)18-11-7-8-12-13(9-11)20-17(25)19-12/h7-10H,5-6H2,1-4H3,(H2,19,20,25)(H,18,21,22,23).